The molecule has 36 heavy (non-hydrogen) atoms. The third-order valence-electron chi connectivity index (χ3n) is 6.89. The molecular weight excluding hydrogens is 452 g/mol. The van der Waals surface area contributed by atoms with Crippen LogP contribution < -0.4 is 5.32 Å². The molecule has 1 N–H and O–H groups in total. The average Bonchev–Trinajstić information content (AvgIpc) is 3.20. The summed E-state index contributed by atoms with van der Waals surface area (Å²) in [6.45, 7) is 3.96. The molecule has 0 saturated carbocycles. The van der Waals surface area contributed by atoms with E-state index in [1.807, 2.05) is 60.7 Å². The second-order valence-electron chi connectivity index (χ2n) is 9.27. The van der Waals surface area contributed by atoms with Crippen molar-refractivity contribution < 1.29 is 14.4 Å². The van der Waals surface area contributed by atoms with Gasteiger partial charge >= 0.3 is 0 Å². The highest BCUT2D eigenvalue weighted by atomic mass is 16.2. The largest absolute Gasteiger partial charge is 0.345 e. The van der Waals surface area contributed by atoms with Crippen LogP contribution in [0.3, 0.4) is 0 Å². The Hall–Kier alpha value is -3.97. The van der Waals surface area contributed by atoms with Crippen LogP contribution in [0.1, 0.15) is 33.1 Å². The molecule has 184 valence electrons. The maximum absolute atomic E-state index is 13.3. The Morgan fingerprint density at radius 1 is 0.750 bits per heavy atom. The van der Waals surface area contributed by atoms with Gasteiger partial charge in [0.05, 0.1) is 6.54 Å². The fourth-order valence-electron chi connectivity index (χ4n) is 4.96. The lowest BCUT2D eigenvalue weighted by atomic mass is 10.0. The predicted molar refractivity (Wildman–Crippen MR) is 137 cm³/mol. The quantitative estimate of drug-likeness (QED) is 0.562. The first-order valence-electron chi connectivity index (χ1n) is 12.4. The minimum Gasteiger partial charge on any atom is -0.345 e. The third-order valence-corrected chi connectivity index (χ3v) is 6.89. The molecule has 0 aromatic heterocycles. The van der Waals surface area contributed by atoms with Crippen LogP contribution in [0.25, 0.3) is 0 Å². The Kier molecular flexibility index (Phi) is 7.09. The van der Waals surface area contributed by atoms with Gasteiger partial charge in [0, 0.05) is 44.8 Å². The normalized spacial score (nSPS) is 17.7. The Morgan fingerprint density at radius 3 is 2.00 bits per heavy atom. The molecular formula is C29H30N4O3. The number of amides is 3. The molecule has 3 aromatic rings. The number of nitrogens with one attached hydrogen (secondary N) is 1. The lowest BCUT2D eigenvalue weighted by molar-refractivity contribution is -0.135. The Balaban J connectivity index is 1.19. The second-order valence-corrected chi connectivity index (χ2v) is 9.27. The number of carbonyl (C=O) groups is 3. The highest BCUT2D eigenvalue weighted by Crippen LogP contribution is 2.34. The van der Waals surface area contributed by atoms with Crippen LogP contribution in [-0.4, -0.2) is 65.1 Å². The lowest BCUT2D eigenvalue weighted by Crippen LogP contribution is -2.51. The Labute approximate surface area is 211 Å². The Morgan fingerprint density at radius 2 is 1.33 bits per heavy atom. The van der Waals surface area contributed by atoms with Gasteiger partial charge in [-0.2, -0.15) is 0 Å². The minimum absolute atomic E-state index is 0.0798. The van der Waals surface area contributed by atoms with E-state index in [4.69, 9.17) is 0 Å². The number of nitrogens with zero attached hydrogens (tertiary/aromatic N) is 3. The number of fused-ring (bicyclic) bond motifs is 1. The van der Waals surface area contributed by atoms with E-state index in [0.717, 1.165) is 25.2 Å². The van der Waals surface area contributed by atoms with Gasteiger partial charge in [-0.05, 0) is 22.8 Å². The Bertz CT molecular complexity index is 1220. The molecule has 7 heteroatoms. The average molecular weight is 483 g/mol. The fraction of sp³-hybridized carbons (Fsp3) is 0.276. The number of hydrogen-bond donors (Lipinski definition) is 1. The van der Waals surface area contributed by atoms with Crippen molar-refractivity contribution in [3.05, 3.63) is 107 Å². The molecule has 0 radical (unpaired) electrons. The van der Waals surface area contributed by atoms with E-state index in [1.165, 1.54) is 5.56 Å². The summed E-state index contributed by atoms with van der Waals surface area (Å²) in [6, 6.07) is 26.4. The van der Waals surface area contributed by atoms with Crippen LogP contribution in [0.4, 0.5) is 0 Å². The zero-order valence-corrected chi connectivity index (χ0v) is 20.2. The summed E-state index contributed by atoms with van der Waals surface area (Å²) in [4.78, 5) is 45.0. The van der Waals surface area contributed by atoms with Crippen molar-refractivity contribution >= 4 is 17.7 Å². The highest BCUT2D eigenvalue weighted by Gasteiger charge is 2.41. The van der Waals surface area contributed by atoms with Crippen LogP contribution in [0.15, 0.2) is 84.9 Å². The number of benzene rings is 3. The topological polar surface area (TPSA) is 73.0 Å². The number of rotatable bonds is 7. The van der Waals surface area contributed by atoms with E-state index in [0.29, 0.717) is 30.8 Å². The second kappa shape index (κ2) is 10.7. The van der Waals surface area contributed by atoms with Crippen molar-refractivity contribution in [3.8, 4) is 0 Å². The summed E-state index contributed by atoms with van der Waals surface area (Å²) >= 11 is 0. The van der Waals surface area contributed by atoms with Gasteiger partial charge in [0.2, 0.25) is 11.8 Å². The van der Waals surface area contributed by atoms with Crippen LogP contribution in [-0.2, 0) is 22.7 Å². The maximum atomic E-state index is 13.3. The van der Waals surface area contributed by atoms with Gasteiger partial charge < -0.3 is 15.1 Å². The molecule has 1 fully saturated rings. The zero-order chi connectivity index (χ0) is 24.9. The van der Waals surface area contributed by atoms with E-state index < -0.39 is 6.04 Å². The molecule has 1 saturated heterocycles. The van der Waals surface area contributed by atoms with Crippen LogP contribution >= 0.6 is 0 Å². The molecule has 3 aromatic carbocycles. The van der Waals surface area contributed by atoms with Crippen LogP contribution in [0.5, 0.6) is 0 Å². The molecule has 5 rings (SSSR count). The van der Waals surface area contributed by atoms with Crippen molar-refractivity contribution in [2.75, 3.05) is 32.7 Å². The van der Waals surface area contributed by atoms with Gasteiger partial charge in [-0.3, -0.25) is 19.3 Å². The van der Waals surface area contributed by atoms with Gasteiger partial charge in [0.1, 0.15) is 6.04 Å². The van der Waals surface area contributed by atoms with Crippen molar-refractivity contribution in [1.29, 1.82) is 0 Å². The van der Waals surface area contributed by atoms with E-state index in [-0.39, 0.29) is 24.3 Å². The lowest BCUT2D eigenvalue weighted by Gasteiger charge is -2.35. The molecule has 2 aliphatic heterocycles. The van der Waals surface area contributed by atoms with E-state index >= 15 is 0 Å². The molecule has 7 nitrogen and oxygen atoms in total. The van der Waals surface area contributed by atoms with E-state index in [1.54, 1.807) is 21.9 Å². The maximum Gasteiger partial charge on any atom is 0.255 e. The molecule has 2 heterocycles. The first-order chi connectivity index (χ1) is 17.6. The van der Waals surface area contributed by atoms with Gasteiger partial charge in [-0.25, -0.2) is 0 Å². The van der Waals surface area contributed by atoms with Gasteiger partial charge in [-0.15, -0.1) is 0 Å². The van der Waals surface area contributed by atoms with Gasteiger partial charge in [-0.1, -0.05) is 78.9 Å². The summed E-state index contributed by atoms with van der Waals surface area (Å²) in [5.41, 5.74) is 3.42. The summed E-state index contributed by atoms with van der Waals surface area (Å²) in [5.74, 6) is -0.606. The minimum atomic E-state index is -0.760. The van der Waals surface area contributed by atoms with Crippen LogP contribution in [0, 0.1) is 0 Å². The zero-order valence-electron chi connectivity index (χ0n) is 20.2. The van der Waals surface area contributed by atoms with Crippen molar-refractivity contribution in [2.45, 2.75) is 19.1 Å². The monoisotopic (exact) mass is 482 g/mol. The first-order valence-corrected chi connectivity index (χ1v) is 12.4. The summed E-state index contributed by atoms with van der Waals surface area (Å²) in [7, 11) is 0. The molecule has 0 spiro atoms. The van der Waals surface area contributed by atoms with Crippen molar-refractivity contribution in [1.82, 2.24) is 20.0 Å². The number of carbonyl (C=O) groups excluding carboxylic acids is 3. The molecule has 0 aliphatic carbocycles. The first kappa shape index (κ1) is 23.8. The van der Waals surface area contributed by atoms with Gasteiger partial charge in [0.25, 0.3) is 5.91 Å². The van der Waals surface area contributed by atoms with Crippen LogP contribution in [0.2, 0.25) is 0 Å². The smallest absolute Gasteiger partial charge is 0.255 e. The van der Waals surface area contributed by atoms with E-state index in [9.17, 15) is 14.4 Å². The predicted octanol–water partition coefficient (Wildman–Crippen LogP) is 2.84. The summed E-state index contributed by atoms with van der Waals surface area (Å²) < 4.78 is 0. The molecule has 2 aliphatic rings. The molecule has 1 atom stereocenters. The SMILES string of the molecule is O=C(NCC(=O)N1CCN(Cc2ccccc2)CC1)[C@@H]1c2ccccc2C(=O)N1Cc1ccccc1. The van der Waals surface area contributed by atoms with E-state index in [2.05, 4.69) is 22.3 Å². The number of piperazine rings is 1. The van der Waals surface area contributed by atoms with Crippen molar-refractivity contribution in [3.63, 3.8) is 0 Å². The molecule has 3 amide bonds. The standard InChI is InChI=1S/C29H30N4O3/c34-26(32-17-15-31(16-18-32)20-22-9-3-1-4-10-22)19-30-28(35)27-24-13-7-8-14-25(24)29(36)33(27)21-23-11-5-2-6-12-23/h1-14,27H,15-21H2,(H,30,35)/t27-/m0/s1. The summed E-state index contributed by atoms with van der Waals surface area (Å²) in [5, 5.41) is 2.81. The number of hydrogen-bond acceptors (Lipinski definition) is 4. The summed E-state index contributed by atoms with van der Waals surface area (Å²) in [6.07, 6.45) is 0. The fourth-order valence-corrected chi connectivity index (χ4v) is 4.96. The van der Waals surface area contributed by atoms with Crippen molar-refractivity contribution in [2.24, 2.45) is 0 Å². The highest BCUT2D eigenvalue weighted by molar-refractivity contribution is 6.05. The third kappa shape index (κ3) is 5.16. The molecule has 0 bridgehead atoms. The molecule has 0 unspecified atom stereocenters. The van der Waals surface area contributed by atoms with Gasteiger partial charge in [0.15, 0.2) is 0 Å².